The Hall–Kier alpha value is -3.50. The van der Waals surface area contributed by atoms with Crippen LogP contribution in [0.4, 0.5) is 5.69 Å². The average molecular weight is 424 g/mol. The molecule has 3 nitrogen and oxygen atoms in total. The number of benzene rings is 3. The number of nitrogens with zero attached hydrogens (tertiary/aromatic N) is 2. The van der Waals surface area contributed by atoms with Gasteiger partial charge in [-0.2, -0.15) is 0 Å². The van der Waals surface area contributed by atoms with E-state index in [4.69, 9.17) is 12.2 Å². The van der Waals surface area contributed by atoms with Gasteiger partial charge in [0.05, 0.1) is 12.2 Å². The van der Waals surface area contributed by atoms with Crippen LogP contribution in [0.5, 0.6) is 0 Å². The summed E-state index contributed by atoms with van der Waals surface area (Å²) in [4.78, 5) is 6.63. The van der Waals surface area contributed by atoms with Gasteiger partial charge in [0, 0.05) is 18.4 Å². The summed E-state index contributed by atoms with van der Waals surface area (Å²) < 4.78 is 0. The van der Waals surface area contributed by atoms with Crippen LogP contribution in [0.25, 0.3) is 11.1 Å². The molecular formula is C27H25N3S. The van der Waals surface area contributed by atoms with Gasteiger partial charge < -0.3 is 10.2 Å². The summed E-state index contributed by atoms with van der Waals surface area (Å²) in [5.74, 6) is 0. The number of hydrogen-bond donors (Lipinski definition) is 1. The second-order valence-corrected chi connectivity index (χ2v) is 7.92. The standard InChI is InChI=1S/C27H25N3S/c1-21-10-12-22(13-11-21)19-30(20-26-9-5-6-18-28-26)27(31)29-25-16-14-24(15-17-25)23-7-3-2-4-8-23/h2-18H,19-20H2,1H3,(H,29,31). The number of aromatic nitrogens is 1. The Labute approximate surface area is 189 Å². The van der Waals surface area contributed by atoms with E-state index < -0.39 is 0 Å². The van der Waals surface area contributed by atoms with Gasteiger partial charge in [-0.15, -0.1) is 0 Å². The molecule has 0 aliphatic rings. The van der Waals surface area contributed by atoms with Crippen molar-refractivity contribution in [1.82, 2.24) is 9.88 Å². The van der Waals surface area contributed by atoms with Crippen LogP contribution in [0.2, 0.25) is 0 Å². The van der Waals surface area contributed by atoms with E-state index in [-0.39, 0.29) is 0 Å². The highest BCUT2D eigenvalue weighted by atomic mass is 32.1. The van der Waals surface area contributed by atoms with Crippen molar-refractivity contribution in [3.63, 3.8) is 0 Å². The highest BCUT2D eigenvalue weighted by Gasteiger charge is 2.13. The van der Waals surface area contributed by atoms with Gasteiger partial charge in [-0.05, 0) is 60.1 Å². The number of anilines is 1. The van der Waals surface area contributed by atoms with Gasteiger partial charge in [0.15, 0.2) is 5.11 Å². The summed E-state index contributed by atoms with van der Waals surface area (Å²) >= 11 is 5.79. The normalized spacial score (nSPS) is 10.5. The molecule has 4 rings (SSSR count). The smallest absolute Gasteiger partial charge is 0.174 e. The van der Waals surface area contributed by atoms with Gasteiger partial charge in [0.25, 0.3) is 0 Å². The largest absolute Gasteiger partial charge is 0.339 e. The fourth-order valence-corrected chi connectivity index (χ4v) is 3.63. The minimum Gasteiger partial charge on any atom is -0.339 e. The molecule has 0 atom stereocenters. The molecular weight excluding hydrogens is 398 g/mol. The molecule has 1 N–H and O–H groups in total. The number of pyridine rings is 1. The molecule has 0 fully saturated rings. The first-order valence-corrected chi connectivity index (χ1v) is 10.7. The summed E-state index contributed by atoms with van der Waals surface area (Å²) in [5, 5.41) is 4.08. The zero-order valence-electron chi connectivity index (χ0n) is 17.5. The second kappa shape index (κ2) is 10.0. The van der Waals surface area contributed by atoms with E-state index in [0.29, 0.717) is 18.2 Å². The Morgan fingerprint density at radius 1 is 0.774 bits per heavy atom. The predicted molar refractivity (Wildman–Crippen MR) is 133 cm³/mol. The van der Waals surface area contributed by atoms with E-state index in [9.17, 15) is 0 Å². The lowest BCUT2D eigenvalue weighted by Gasteiger charge is -2.26. The lowest BCUT2D eigenvalue weighted by molar-refractivity contribution is 0.407. The number of thiocarbonyl (C=S) groups is 1. The molecule has 0 saturated carbocycles. The molecule has 1 heterocycles. The van der Waals surface area contributed by atoms with Crippen molar-refractivity contribution in [2.24, 2.45) is 0 Å². The Kier molecular flexibility index (Phi) is 6.70. The Balaban J connectivity index is 1.50. The van der Waals surface area contributed by atoms with Crippen molar-refractivity contribution in [2.75, 3.05) is 5.32 Å². The molecule has 0 aliphatic heterocycles. The summed E-state index contributed by atoms with van der Waals surface area (Å²) in [6.07, 6.45) is 1.82. The third-order valence-electron chi connectivity index (χ3n) is 5.10. The second-order valence-electron chi connectivity index (χ2n) is 7.54. The SMILES string of the molecule is Cc1ccc(CN(Cc2ccccn2)C(=S)Nc2ccc(-c3ccccc3)cc2)cc1. The molecule has 0 amide bonds. The van der Waals surface area contributed by atoms with Crippen LogP contribution in [-0.2, 0) is 13.1 Å². The van der Waals surface area contributed by atoms with Crippen LogP contribution in [0.1, 0.15) is 16.8 Å². The fourth-order valence-electron chi connectivity index (χ4n) is 3.38. The molecule has 3 aromatic carbocycles. The molecule has 154 valence electrons. The van der Waals surface area contributed by atoms with Gasteiger partial charge in [0.2, 0.25) is 0 Å². The predicted octanol–water partition coefficient (Wildman–Crippen LogP) is 6.46. The zero-order chi connectivity index (χ0) is 21.5. The Bertz CT molecular complexity index is 1110. The van der Waals surface area contributed by atoms with Gasteiger partial charge >= 0.3 is 0 Å². The minimum absolute atomic E-state index is 0.642. The molecule has 0 bridgehead atoms. The van der Waals surface area contributed by atoms with Crippen LogP contribution in [-0.4, -0.2) is 15.0 Å². The monoisotopic (exact) mass is 423 g/mol. The van der Waals surface area contributed by atoms with Crippen molar-refractivity contribution in [3.8, 4) is 11.1 Å². The molecule has 0 aliphatic carbocycles. The maximum Gasteiger partial charge on any atom is 0.174 e. The molecule has 0 saturated heterocycles. The van der Waals surface area contributed by atoms with Crippen LogP contribution in [0.15, 0.2) is 103 Å². The third-order valence-corrected chi connectivity index (χ3v) is 5.46. The van der Waals surface area contributed by atoms with Crippen LogP contribution in [0.3, 0.4) is 0 Å². The van der Waals surface area contributed by atoms with Crippen LogP contribution >= 0.6 is 12.2 Å². The molecule has 0 spiro atoms. The van der Waals surface area contributed by atoms with E-state index in [2.05, 4.69) is 94.9 Å². The van der Waals surface area contributed by atoms with Crippen LogP contribution in [0, 0.1) is 6.92 Å². The van der Waals surface area contributed by atoms with Crippen molar-refractivity contribution < 1.29 is 0 Å². The first-order valence-electron chi connectivity index (χ1n) is 10.3. The first kappa shape index (κ1) is 20.8. The zero-order valence-corrected chi connectivity index (χ0v) is 18.3. The number of rotatable bonds is 6. The van der Waals surface area contributed by atoms with Gasteiger partial charge in [-0.25, -0.2) is 0 Å². The van der Waals surface area contributed by atoms with E-state index in [1.807, 2.05) is 30.5 Å². The van der Waals surface area contributed by atoms with E-state index in [0.717, 1.165) is 11.4 Å². The number of aryl methyl sites for hydroxylation is 1. The van der Waals surface area contributed by atoms with Gasteiger partial charge in [0.1, 0.15) is 0 Å². The molecule has 0 radical (unpaired) electrons. The maximum atomic E-state index is 5.79. The average Bonchev–Trinajstić information content (AvgIpc) is 2.82. The highest BCUT2D eigenvalue weighted by Crippen LogP contribution is 2.21. The van der Waals surface area contributed by atoms with Crippen molar-refractivity contribution in [1.29, 1.82) is 0 Å². The van der Waals surface area contributed by atoms with Gasteiger partial charge in [-0.3, -0.25) is 4.98 Å². The number of nitrogens with one attached hydrogen (secondary N) is 1. The topological polar surface area (TPSA) is 28.2 Å². The Morgan fingerprint density at radius 3 is 2.13 bits per heavy atom. The van der Waals surface area contributed by atoms with E-state index >= 15 is 0 Å². The summed E-state index contributed by atoms with van der Waals surface area (Å²) in [5.41, 5.74) is 6.80. The fraction of sp³-hybridized carbons (Fsp3) is 0.111. The maximum absolute atomic E-state index is 5.79. The summed E-state index contributed by atoms with van der Waals surface area (Å²) in [6.45, 7) is 3.45. The lowest BCUT2D eigenvalue weighted by Crippen LogP contribution is -2.34. The number of hydrogen-bond acceptors (Lipinski definition) is 2. The van der Waals surface area contributed by atoms with Crippen LogP contribution < -0.4 is 5.32 Å². The van der Waals surface area contributed by atoms with E-state index in [1.54, 1.807) is 0 Å². The molecule has 31 heavy (non-hydrogen) atoms. The van der Waals surface area contributed by atoms with E-state index in [1.165, 1.54) is 22.3 Å². The van der Waals surface area contributed by atoms with Gasteiger partial charge in [-0.1, -0.05) is 78.4 Å². The highest BCUT2D eigenvalue weighted by molar-refractivity contribution is 7.80. The lowest BCUT2D eigenvalue weighted by atomic mass is 10.1. The molecule has 1 aromatic heterocycles. The quantitative estimate of drug-likeness (QED) is 0.360. The van der Waals surface area contributed by atoms with Crippen molar-refractivity contribution >= 4 is 23.0 Å². The molecule has 4 aromatic rings. The summed E-state index contributed by atoms with van der Waals surface area (Å²) in [7, 11) is 0. The Morgan fingerprint density at radius 2 is 1.45 bits per heavy atom. The minimum atomic E-state index is 0.642. The molecule has 0 unspecified atom stereocenters. The third kappa shape index (κ3) is 5.77. The van der Waals surface area contributed by atoms with Crippen molar-refractivity contribution in [3.05, 3.63) is 120 Å². The molecule has 4 heteroatoms. The van der Waals surface area contributed by atoms with Crippen molar-refractivity contribution in [2.45, 2.75) is 20.0 Å². The summed E-state index contributed by atoms with van der Waals surface area (Å²) in [6, 6.07) is 33.3. The first-order chi connectivity index (χ1) is 15.2.